The van der Waals surface area contributed by atoms with Crippen molar-refractivity contribution in [3.05, 3.63) is 11.8 Å². The number of nitrogens with two attached hydrogens (primary N) is 1. The standard InChI is InChI=1S/C12H20N4OS/c1-7(2)6-14-11(17)9(4)18-12-15-8(3)5-10(13)16-12/h5,7,9H,6H2,1-4H3,(H,14,17)(H2,13,15,16). The molecule has 1 heterocycles. The van der Waals surface area contributed by atoms with E-state index in [1.54, 1.807) is 6.07 Å². The molecule has 1 aromatic heterocycles. The summed E-state index contributed by atoms with van der Waals surface area (Å²) in [4.78, 5) is 20.1. The Kier molecular flexibility index (Phi) is 5.40. The van der Waals surface area contributed by atoms with Gasteiger partial charge in [0.05, 0.1) is 5.25 Å². The smallest absolute Gasteiger partial charge is 0.233 e. The third kappa shape index (κ3) is 4.91. The molecule has 0 aromatic carbocycles. The van der Waals surface area contributed by atoms with E-state index in [1.807, 2.05) is 13.8 Å². The Morgan fingerprint density at radius 1 is 1.44 bits per heavy atom. The molecule has 1 unspecified atom stereocenters. The van der Waals surface area contributed by atoms with Crippen LogP contribution in [0.15, 0.2) is 11.2 Å². The quantitative estimate of drug-likeness (QED) is 0.626. The molecule has 0 fully saturated rings. The van der Waals surface area contributed by atoms with Gasteiger partial charge in [0.15, 0.2) is 5.16 Å². The second-order valence-corrected chi connectivity index (χ2v) is 5.92. The second-order valence-electron chi connectivity index (χ2n) is 4.62. The zero-order chi connectivity index (χ0) is 13.7. The lowest BCUT2D eigenvalue weighted by molar-refractivity contribution is -0.120. The van der Waals surface area contributed by atoms with E-state index in [4.69, 9.17) is 5.73 Å². The predicted octanol–water partition coefficient (Wildman–Crippen LogP) is 1.62. The highest BCUT2D eigenvalue weighted by Crippen LogP contribution is 2.20. The highest BCUT2D eigenvalue weighted by atomic mass is 32.2. The van der Waals surface area contributed by atoms with Gasteiger partial charge in [0.2, 0.25) is 5.91 Å². The topological polar surface area (TPSA) is 80.9 Å². The highest BCUT2D eigenvalue weighted by Gasteiger charge is 2.16. The third-order valence-electron chi connectivity index (χ3n) is 2.19. The van der Waals surface area contributed by atoms with Crippen LogP contribution in [0.3, 0.4) is 0 Å². The normalized spacial score (nSPS) is 12.5. The SMILES string of the molecule is Cc1cc(N)nc(SC(C)C(=O)NCC(C)C)n1. The number of thioether (sulfide) groups is 1. The minimum atomic E-state index is -0.232. The Bertz CT molecular complexity index is 402. The van der Waals surface area contributed by atoms with Gasteiger partial charge in [0.25, 0.3) is 0 Å². The zero-order valence-corrected chi connectivity index (χ0v) is 12.0. The molecule has 0 saturated carbocycles. The lowest BCUT2D eigenvalue weighted by Gasteiger charge is -2.12. The van der Waals surface area contributed by atoms with Crippen LogP contribution in [0.5, 0.6) is 0 Å². The van der Waals surface area contributed by atoms with Gasteiger partial charge in [-0.3, -0.25) is 4.79 Å². The number of hydrogen-bond acceptors (Lipinski definition) is 5. The van der Waals surface area contributed by atoms with Gasteiger partial charge in [-0.1, -0.05) is 25.6 Å². The van der Waals surface area contributed by atoms with Crippen molar-refractivity contribution >= 4 is 23.5 Å². The van der Waals surface area contributed by atoms with Gasteiger partial charge >= 0.3 is 0 Å². The summed E-state index contributed by atoms with van der Waals surface area (Å²) in [5.41, 5.74) is 6.45. The number of hydrogen-bond donors (Lipinski definition) is 2. The Morgan fingerprint density at radius 3 is 2.67 bits per heavy atom. The number of rotatable bonds is 5. The minimum absolute atomic E-state index is 0.00243. The van der Waals surface area contributed by atoms with Crippen LogP contribution in [0, 0.1) is 12.8 Å². The van der Waals surface area contributed by atoms with Gasteiger partial charge in [-0.2, -0.15) is 0 Å². The van der Waals surface area contributed by atoms with Gasteiger partial charge < -0.3 is 11.1 Å². The van der Waals surface area contributed by atoms with Gasteiger partial charge in [-0.25, -0.2) is 9.97 Å². The van der Waals surface area contributed by atoms with E-state index in [0.29, 0.717) is 23.4 Å². The van der Waals surface area contributed by atoms with Crippen LogP contribution < -0.4 is 11.1 Å². The number of carbonyl (C=O) groups is 1. The zero-order valence-electron chi connectivity index (χ0n) is 11.2. The van der Waals surface area contributed by atoms with Crippen molar-refractivity contribution in [2.45, 2.75) is 38.1 Å². The Balaban J connectivity index is 2.58. The van der Waals surface area contributed by atoms with E-state index in [9.17, 15) is 4.79 Å². The molecule has 0 saturated heterocycles. The summed E-state index contributed by atoms with van der Waals surface area (Å²) in [5, 5.41) is 3.19. The van der Waals surface area contributed by atoms with Crippen molar-refractivity contribution in [3.8, 4) is 0 Å². The predicted molar refractivity (Wildman–Crippen MR) is 74.3 cm³/mol. The Morgan fingerprint density at radius 2 is 2.11 bits per heavy atom. The first-order valence-corrected chi connectivity index (χ1v) is 6.82. The molecule has 1 amide bonds. The van der Waals surface area contributed by atoms with E-state index in [0.717, 1.165) is 5.69 Å². The van der Waals surface area contributed by atoms with E-state index in [1.165, 1.54) is 11.8 Å². The number of nitrogen functional groups attached to an aromatic ring is 1. The van der Waals surface area contributed by atoms with Crippen molar-refractivity contribution in [1.82, 2.24) is 15.3 Å². The van der Waals surface area contributed by atoms with E-state index >= 15 is 0 Å². The van der Waals surface area contributed by atoms with E-state index in [2.05, 4.69) is 29.1 Å². The summed E-state index contributed by atoms with van der Waals surface area (Å²) in [6.07, 6.45) is 0. The number of carbonyl (C=O) groups excluding carboxylic acids is 1. The van der Waals surface area contributed by atoms with Crippen molar-refractivity contribution in [2.24, 2.45) is 5.92 Å². The molecule has 5 nitrogen and oxygen atoms in total. The van der Waals surface area contributed by atoms with Crippen LogP contribution in [0.25, 0.3) is 0 Å². The number of anilines is 1. The van der Waals surface area contributed by atoms with Crippen molar-refractivity contribution in [1.29, 1.82) is 0 Å². The summed E-state index contributed by atoms with van der Waals surface area (Å²) in [6.45, 7) is 8.49. The summed E-state index contributed by atoms with van der Waals surface area (Å²) in [5.74, 6) is 0.870. The molecule has 0 bridgehead atoms. The van der Waals surface area contributed by atoms with Crippen molar-refractivity contribution in [2.75, 3.05) is 12.3 Å². The van der Waals surface area contributed by atoms with Crippen LogP contribution in [-0.4, -0.2) is 27.7 Å². The fourth-order valence-electron chi connectivity index (χ4n) is 1.28. The fourth-order valence-corrected chi connectivity index (χ4v) is 2.14. The highest BCUT2D eigenvalue weighted by molar-refractivity contribution is 8.00. The molecule has 1 rings (SSSR count). The molecule has 0 aliphatic rings. The number of amides is 1. The fraction of sp³-hybridized carbons (Fsp3) is 0.583. The maximum Gasteiger partial charge on any atom is 0.233 e. The van der Waals surface area contributed by atoms with Crippen molar-refractivity contribution < 1.29 is 4.79 Å². The van der Waals surface area contributed by atoms with Crippen LogP contribution in [-0.2, 0) is 4.79 Å². The molecular weight excluding hydrogens is 248 g/mol. The summed E-state index contributed by atoms with van der Waals surface area (Å²) < 4.78 is 0. The molecule has 1 aromatic rings. The Hall–Kier alpha value is -1.30. The molecule has 1 atom stereocenters. The first kappa shape index (κ1) is 14.8. The molecule has 18 heavy (non-hydrogen) atoms. The Labute approximate surface area is 112 Å². The lowest BCUT2D eigenvalue weighted by atomic mass is 10.2. The van der Waals surface area contributed by atoms with Gasteiger partial charge in [-0.15, -0.1) is 0 Å². The number of nitrogens with zero attached hydrogens (tertiary/aromatic N) is 2. The van der Waals surface area contributed by atoms with Crippen LogP contribution >= 0.6 is 11.8 Å². The maximum absolute atomic E-state index is 11.8. The second kappa shape index (κ2) is 6.58. The molecule has 100 valence electrons. The largest absolute Gasteiger partial charge is 0.384 e. The summed E-state index contributed by atoms with van der Waals surface area (Å²) >= 11 is 1.32. The summed E-state index contributed by atoms with van der Waals surface area (Å²) in [6, 6.07) is 1.70. The molecule has 6 heteroatoms. The lowest BCUT2D eigenvalue weighted by Crippen LogP contribution is -2.33. The molecular formula is C12H20N4OS. The molecule has 3 N–H and O–H groups in total. The van der Waals surface area contributed by atoms with Gasteiger partial charge in [0.1, 0.15) is 5.82 Å². The number of aryl methyl sites for hydroxylation is 1. The van der Waals surface area contributed by atoms with Gasteiger partial charge in [-0.05, 0) is 19.8 Å². The van der Waals surface area contributed by atoms with Crippen LogP contribution in [0.4, 0.5) is 5.82 Å². The molecule has 0 radical (unpaired) electrons. The maximum atomic E-state index is 11.8. The molecule has 0 spiro atoms. The van der Waals surface area contributed by atoms with Crippen LogP contribution in [0.1, 0.15) is 26.5 Å². The van der Waals surface area contributed by atoms with Crippen LogP contribution in [0.2, 0.25) is 0 Å². The first-order chi connectivity index (χ1) is 8.38. The van der Waals surface area contributed by atoms with Gasteiger partial charge in [0, 0.05) is 18.3 Å². The molecule has 0 aliphatic heterocycles. The average Bonchev–Trinajstić information content (AvgIpc) is 2.24. The number of nitrogens with one attached hydrogen (secondary N) is 1. The van der Waals surface area contributed by atoms with E-state index < -0.39 is 0 Å². The monoisotopic (exact) mass is 268 g/mol. The third-order valence-corrected chi connectivity index (χ3v) is 3.15. The average molecular weight is 268 g/mol. The first-order valence-electron chi connectivity index (χ1n) is 5.94. The van der Waals surface area contributed by atoms with E-state index in [-0.39, 0.29) is 11.2 Å². The summed E-state index contributed by atoms with van der Waals surface area (Å²) in [7, 11) is 0. The number of aromatic nitrogens is 2. The van der Waals surface area contributed by atoms with Crippen molar-refractivity contribution in [3.63, 3.8) is 0 Å². The molecule has 0 aliphatic carbocycles. The minimum Gasteiger partial charge on any atom is -0.384 e.